The van der Waals surface area contributed by atoms with E-state index in [1.165, 1.54) is 0 Å². The van der Waals surface area contributed by atoms with Crippen LogP contribution in [0, 0.1) is 5.92 Å². The van der Waals surface area contributed by atoms with Gasteiger partial charge in [0.15, 0.2) is 5.13 Å². The Morgan fingerprint density at radius 2 is 2.19 bits per heavy atom. The summed E-state index contributed by atoms with van der Waals surface area (Å²) in [5.41, 5.74) is -0.0364. The summed E-state index contributed by atoms with van der Waals surface area (Å²) in [6, 6.07) is 0.190. The number of rotatable bonds is 6. The van der Waals surface area contributed by atoms with Gasteiger partial charge in [0.2, 0.25) is 5.89 Å². The summed E-state index contributed by atoms with van der Waals surface area (Å²) in [6.45, 7) is 6.31. The largest absolute Gasteiger partial charge is 0.481 e. The molecule has 1 fully saturated rings. The van der Waals surface area contributed by atoms with E-state index in [2.05, 4.69) is 36.1 Å². The Kier molecular flexibility index (Phi) is 5.92. The van der Waals surface area contributed by atoms with Crippen LogP contribution < -0.4 is 5.32 Å². The third-order valence-electron chi connectivity index (χ3n) is 4.47. The number of carboxylic acid groups (broad SMARTS) is 1. The summed E-state index contributed by atoms with van der Waals surface area (Å²) in [4.78, 5) is 20.0. The van der Waals surface area contributed by atoms with Crippen molar-refractivity contribution in [3.05, 3.63) is 24.0 Å². The van der Waals surface area contributed by atoms with E-state index in [1.54, 1.807) is 29.3 Å². The third-order valence-corrected chi connectivity index (χ3v) is 6.57. The van der Waals surface area contributed by atoms with Gasteiger partial charge in [-0.2, -0.15) is 0 Å². The van der Waals surface area contributed by atoms with E-state index in [4.69, 9.17) is 4.42 Å². The molecule has 0 bridgehead atoms. The zero-order valence-electron chi connectivity index (χ0n) is 15.3. The zero-order valence-corrected chi connectivity index (χ0v) is 17.0. The summed E-state index contributed by atoms with van der Waals surface area (Å²) in [6.07, 6.45) is 7.04. The molecule has 2 unspecified atom stereocenters. The van der Waals surface area contributed by atoms with E-state index >= 15 is 0 Å². The maximum atomic E-state index is 11.2. The summed E-state index contributed by atoms with van der Waals surface area (Å²) >= 11 is 3.24. The molecule has 2 N–H and O–H groups in total. The molecule has 26 heavy (non-hydrogen) atoms. The monoisotopic (exact) mass is 395 g/mol. The maximum absolute atomic E-state index is 11.2. The van der Waals surface area contributed by atoms with Crippen molar-refractivity contribution in [3.63, 3.8) is 0 Å². The molecule has 2 atom stereocenters. The van der Waals surface area contributed by atoms with Crippen molar-refractivity contribution in [1.82, 2.24) is 9.97 Å². The number of nitrogens with one attached hydrogen (secondary N) is 1. The van der Waals surface area contributed by atoms with Gasteiger partial charge in [0.1, 0.15) is 5.76 Å². The average Bonchev–Trinajstić information content (AvgIpc) is 3.22. The average molecular weight is 396 g/mol. The predicted octanol–water partition coefficient (Wildman–Crippen LogP) is 4.78. The minimum absolute atomic E-state index is 0.0364. The van der Waals surface area contributed by atoms with Crippen molar-refractivity contribution >= 4 is 34.2 Å². The third kappa shape index (κ3) is 5.01. The molecule has 0 spiro atoms. The summed E-state index contributed by atoms with van der Waals surface area (Å²) in [7, 11) is 0. The molecular weight excluding hydrogens is 370 g/mol. The predicted molar refractivity (Wildman–Crippen MR) is 104 cm³/mol. The second-order valence-corrected chi connectivity index (χ2v) is 9.99. The number of nitrogens with zero attached hydrogens (tertiary/aromatic N) is 2. The normalized spacial score (nSPS) is 20.9. The minimum atomic E-state index is -0.688. The number of aromatic nitrogens is 2. The van der Waals surface area contributed by atoms with Gasteiger partial charge in [0.25, 0.3) is 0 Å². The number of hydrogen-bond acceptors (Lipinski definition) is 7. The van der Waals surface area contributed by atoms with Crippen LogP contribution >= 0.6 is 23.1 Å². The van der Waals surface area contributed by atoms with Crippen molar-refractivity contribution in [2.24, 2.45) is 5.92 Å². The van der Waals surface area contributed by atoms with Gasteiger partial charge in [-0.25, -0.2) is 9.97 Å². The van der Waals surface area contributed by atoms with Gasteiger partial charge in [-0.1, -0.05) is 38.5 Å². The van der Waals surface area contributed by atoms with Crippen LogP contribution in [0.15, 0.2) is 21.0 Å². The Labute approximate surface area is 161 Å². The Hall–Kier alpha value is -1.54. The Balaban J connectivity index is 1.52. The number of thiazole rings is 1. The molecule has 142 valence electrons. The molecule has 1 aliphatic rings. The number of hydrogen-bond donors (Lipinski definition) is 2. The van der Waals surface area contributed by atoms with Crippen molar-refractivity contribution in [2.45, 2.75) is 67.9 Å². The highest BCUT2D eigenvalue weighted by Gasteiger charge is 2.27. The van der Waals surface area contributed by atoms with Crippen molar-refractivity contribution in [1.29, 1.82) is 0 Å². The molecular formula is C18H25N3O3S2. The number of thioether (sulfide) groups is 1. The van der Waals surface area contributed by atoms with Crippen LogP contribution in [-0.2, 0) is 16.0 Å². The number of carbonyl (C=O) groups is 1. The van der Waals surface area contributed by atoms with Gasteiger partial charge in [0.05, 0.1) is 28.3 Å². The van der Waals surface area contributed by atoms with Gasteiger partial charge in [-0.15, -0.1) is 11.8 Å². The first-order valence-corrected chi connectivity index (χ1v) is 10.6. The van der Waals surface area contributed by atoms with Crippen LogP contribution in [-0.4, -0.2) is 27.1 Å². The van der Waals surface area contributed by atoms with Crippen molar-refractivity contribution in [3.8, 4) is 0 Å². The number of aliphatic carboxylic acids is 1. The molecule has 2 aromatic heterocycles. The van der Waals surface area contributed by atoms with Gasteiger partial charge in [-0.05, 0) is 19.3 Å². The molecule has 3 rings (SSSR count). The van der Waals surface area contributed by atoms with E-state index in [-0.39, 0.29) is 17.4 Å². The molecule has 0 amide bonds. The fraction of sp³-hybridized carbons (Fsp3) is 0.611. The van der Waals surface area contributed by atoms with Gasteiger partial charge >= 0.3 is 5.97 Å². The van der Waals surface area contributed by atoms with Gasteiger partial charge in [0, 0.05) is 11.5 Å². The topological polar surface area (TPSA) is 88.2 Å². The van der Waals surface area contributed by atoms with Crippen LogP contribution in [0.1, 0.15) is 58.1 Å². The summed E-state index contributed by atoms with van der Waals surface area (Å²) < 4.78 is 6.90. The molecule has 0 radical (unpaired) electrons. The fourth-order valence-corrected chi connectivity index (χ4v) is 4.77. The van der Waals surface area contributed by atoms with E-state index in [0.717, 1.165) is 40.3 Å². The summed E-state index contributed by atoms with van der Waals surface area (Å²) in [5.74, 6) is 1.36. The Morgan fingerprint density at radius 1 is 1.38 bits per heavy atom. The molecule has 0 aromatic carbocycles. The number of anilines is 1. The van der Waals surface area contributed by atoms with Crippen LogP contribution in [0.4, 0.5) is 5.13 Å². The second kappa shape index (κ2) is 8.00. The molecule has 2 aromatic rings. The molecule has 8 heteroatoms. The fourth-order valence-electron chi connectivity index (χ4n) is 2.97. The molecule has 6 nitrogen and oxygen atoms in total. The van der Waals surface area contributed by atoms with E-state index in [9.17, 15) is 9.90 Å². The molecule has 1 saturated carbocycles. The first-order chi connectivity index (χ1) is 12.3. The lowest BCUT2D eigenvalue weighted by Gasteiger charge is -2.27. The van der Waals surface area contributed by atoms with Gasteiger partial charge in [-0.3, -0.25) is 4.79 Å². The highest BCUT2D eigenvalue weighted by molar-refractivity contribution is 8.00. The zero-order chi connectivity index (χ0) is 18.7. The highest BCUT2D eigenvalue weighted by Crippen LogP contribution is 2.33. The number of oxazole rings is 1. The maximum Gasteiger partial charge on any atom is 0.306 e. The van der Waals surface area contributed by atoms with Gasteiger partial charge < -0.3 is 14.8 Å². The van der Waals surface area contributed by atoms with Crippen LogP contribution in [0.2, 0.25) is 0 Å². The lowest BCUT2D eigenvalue weighted by Crippen LogP contribution is -2.30. The summed E-state index contributed by atoms with van der Waals surface area (Å²) in [5, 5.41) is 13.5. The van der Waals surface area contributed by atoms with E-state index in [0.29, 0.717) is 12.2 Å². The lowest BCUT2D eigenvalue weighted by molar-refractivity contribution is -0.142. The van der Waals surface area contributed by atoms with Crippen LogP contribution in [0.25, 0.3) is 0 Å². The minimum Gasteiger partial charge on any atom is -0.481 e. The molecule has 0 saturated heterocycles. The second-order valence-electron chi connectivity index (χ2n) is 7.68. The van der Waals surface area contributed by atoms with E-state index in [1.807, 2.05) is 6.20 Å². The Morgan fingerprint density at radius 3 is 2.88 bits per heavy atom. The molecule has 2 heterocycles. The smallest absolute Gasteiger partial charge is 0.306 e. The van der Waals surface area contributed by atoms with Crippen molar-refractivity contribution in [2.75, 3.05) is 5.32 Å². The van der Waals surface area contributed by atoms with Crippen LogP contribution in [0.5, 0.6) is 0 Å². The first-order valence-electron chi connectivity index (χ1n) is 8.84. The molecule has 0 aliphatic heterocycles. The highest BCUT2D eigenvalue weighted by atomic mass is 32.2. The van der Waals surface area contributed by atoms with Crippen molar-refractivity contribution < 1.29 is 14.3 Å². The SMILES string of the molecule is CC(C)(C)c1cnc(CSc2cnc(NC3CCCC(C(=O)O)C3)s2)o1. The quantitative estimate of drug-likeness (QED) is 0.681. The van der Waals surface area contributed by atoms with E-state index < -0.39 is 5.97 Å². The molecule has 1 aliphatic carbocycles. The Bertz CT molecular complexity index is 751. The first kappa shape index (κ1) is 19.2. The van der Waals surface area contributed by atoms with Crippen LogP contribution in [0.3, 0.4) is 0 Å². The number of carboxylic acids is 1. The standard InChI is InChI=1S/C18H25N3O3S2/c1-18(2,3)13-8-19-14(24-13)10-25-15-9-20-17(26-15)21-12-6-4-5-11(7-12)16(22)23/h8-9,11-12H,4-7,10H2,1-3H3,(H,20,21)(H,22,23). The lowest BCUT2D eigenvalue weighted by atomic mass is 9.86.